The molecule has 1 atom stereocenters. The summed E-state index contributed by atoms with van der Waals surface area (Å²) in [6.07, 6.45) is 1.55. The van der Waals surface area contributed by atoms with Crippen LogP contribution in [0.2, 0.25) is 0 Å². The van der Waals surface area contributed by atoms with Crippen molar-refractivity contribution in [1.82, 2.24) is 15.5 Å². The van der Waals surface area contributed by atoms with Crippen molar-refractivity contribution in [3.63, 3.8) is 0 Å². The number of carbonyl (C=O) groups is 1. The van der Waals surface area contributed by atoms with E-state index in [1.807, 2.05) is 23.1 Å². The van der Waals surface area contributed by atoms with E-state index in [4.69, 9.17) is 0 Å². The van der Waals surface area contributed by atoms with Crippen LogP contribution < -0.4 is 10.6 Å². The standard InChI is InChI=1S/C19H30N4O.HI/c1-15(2)12-21-19(20-3)22-13-17-11-18(24)23(14-17)10-9-16-7-5-4-6-8-16;/h4-8,15,17H,9-14H2,1-3H3,(H2,20,21,22);1H. The lowest BCUT2D eigenvalue weighted by Crippen LogP contribution is -2.41. The fourth-order valence-corrected chi connectivity index (χ4v) is 2.88. The molecule has 1 fully saturated rings. The van der Waals surface area contributed by atoms with Gasteiger partial charge < -0.3 is 15.5 Å². The lowest BCUT2D eigenvalue weighted by molar-refractivity contribution is -0.127. The summed E-state index contributed by atoms with van der Waals surface area (Å²) in [5.41, 5.74) is 1.28. The van der Waals surface area contributed by atoms with Gasteiger partial charge in [0.25, 0.3) is 0 Å². The molecule has 5 nitrogen and oxygen atoms in total. The molecule has 0 aliphatic carbocycles. The average molecular weight is 458 g/mol. The SMILES string of the molecule is CN=C(NCC(C)C)NCC1CC(=O)N(CCc2ccccc2)C1.I. The number of hydrogen-bond acceptors (Lipinski definition) is 2. The molecule has 1 saturated heterocycles. The quantitative estimate of drug-likeness (QED) is 0.375. The monoisotopic (exact) mass is 458 g/mol. The molecule has 1 aromatic carbocycles. The van der Waals surface area contributed by atoms with Crippen LogP contribution in [0.4, 0.5) is 0 Å². The van der Waals surface area contributed by atoms with Gasteiger partial charge in [-0.15, -0.1) is 24.0 Å². The number of rotatable bonds is 7. The normalized spacial score (nSPS) is 17.6. The average Bonchev–Trinajstić information content (AvgIpc) is 2.94. The van der Waals surface area contributed by atoms with E-state index in [1.54, 1.807) is 7.05 Å². The smallest absolute Gasteiger partial charge is 0.223 e. The Hall–Kier alpha value is -1.31. The molecule has 140 valence electrons. The van der Waals surface area contributed by atoms with Gasteiger partial charge in [0.05, 0.1) is 0 Å². The molecule has 1 heterocycles. The molecule has 1 aromatic rings. The molecule has 1 aliphatic rings. The van der Waals surface area contributed by atoms with Gasteiger partial charge in [-0.1, -0.05) is 44.2 Å². The zero-order valence-electron chi connectivity index (χ0n) is 15.5. The van der Waals surface area contributed by atoms with Gasteiger partial charge in [0.1, 0.15) is 0 Å². The van der Waals surface area contributed by atoms with Crippen molar-refractivity contribution in [1.29, 1.82) is 0 Å². The maximum Gasteiger partial charge on any atom is 0.223 e. The molecule has 0 radical (unpaired) electrons. The van der Waals surface area contributed by atoms with Gasteiger partial charge in [0, 0.05) is 45.6 Å². The first-order valence-electron chi connectivity index (χ1n) is 8.84. The van der Waals surface area contributed by atoms with Crippen molar-refractivity contribution in [2.45, 2.75) is 26.7 Å². The van der Waals surface area contributed by atoms with E-state index >= 15 is 0 Å². The number of halogens is 1. The second-order valence-electron chi connectivity index (χ2n) is 6.87. The topological polar surface area (TPSA) is 56.7 Å². The second-order valence-corrected chi connectivity index (χ2v) is 6.87. The number of carbonyl (C=O) groups excluding carboxylic acids is 1. The van der Waals surface area contributed by atoms with Gasteiger partial charge in [0.15, 0.2) is 5.96 Å². The third kappa shape index (κ3) is 7.63. The van der Waals surface area contributed by atoms with Crippen LogP contribution in [-0.4, -0.2) is 50.0 Å². The highest BCUT2D eigenvalue weighted by atomic mass is 127. The number of amides is 1. The molecule has 2 rings (SSSR count). The summed E-state index contributed by atoms with van der Waals surface area (Å²) in [4.78, 5) is 18.4. The molecule has 0 spiro atoms. The molecule has 1 amide bonds. The van der Waals surface area contributed by atoms with E-state index in [2.05, 4.69) is 41.6 Å². The van der Waals surface area contributed by atoms with E-state index in [1.165, 1.54) is 5.56 Å². The zero-order chi connectivity index (χ0) is 17.4. The number of likely N-dealkylation sites (tertiary alicyclic amines) is 1. The van der Waals surface area contributed by atoms with Crippen molar-refractivity contribution in [2.75, 3.05) is 33.2 Å². The first kappa shape index (κ1) is 21.7. The van der Waals surface area contributed by atoms with Gasteiger partial charge >= 0.3 is 0 Å². The Balaban J connectivity index is 0.00000312. The molecule has 0 saturated carbocycles. The summed E-state index contributed by atoms with van der Waals surface area (Å²) in [6.45, 7) is 7.65. The van der Waals surface area contributed by atoms with E-state index in [-0.39, 0.29) is 29.9 Å². The maximum atomic E-state index is 12.2. The highest BCUT2D eigenvalue weighted by molar-refractivity contribution is 14.0. The largest absolute Gasteiger partial charge is 0.356 e. The van der Waals surface area contributed by atoms with Crippen LogP contribution in [0.5, 0.6) is 0 Å². The molecule has 25 heavy (non-hydrogen) atoms. The molecular weight excluding hydrogens is 427 g/mol. The van der Waals surface area contributed by atoms with Crippen molar-refractivity contribution < 1.29 is 4.79 Å². The summed E-state index contributed by atoms with van der Waals surface area (Å²) in [6, 6.07) is 10.3. The van der Waals surface area contributed by atoms with Crippen molar-refractivity contribution >= 4 is 35.8 Å². The van der Waals surface area contributed by atoms with Crippen LogP contribution in [-0.2, 0) is 11.2 Å². The number of hydrogen-bond donors (Lipinski definition) is 2. The fourth-order valence-electron chi connectivity index (χ4n) is 2.88. The summed E-state index contributed by atoms with van der Waals surface area (Å²) in [5.74, 6) is 2.01. The van der Waals surface area contributed by atoms with Gasteiger partial charge in [-0.3, -0.25) is 9.79 Å². The van der Waals surface area contributed by atoms with Crippen molar-refractivity contribution in [2.24, 2.45) is 16.8 Å². The molecule has 2 N–H and O–H groups in total. The number of benzene rings is 1. The summed E-state index contributed by atoms with van der Waals surface area (Å²) >= 11 is 0. The van der Waals surface area contributed by atoms with Gasteiger partial charge in [-0.25, -0.2) is 0 Å². The number of nitrogens with zero attached hydrogens (tertiary/aromatic N) is 2. The summed E-state index contributed by atoms with van der Waals surface area (Å²) in [7, 11) is 1.78. The molecule has 6 heteroatoms. The highest BCUT2D eigenvalue weighted by Crippen LogP contribution is 2.17. The molecule has 0 aromatic heterocycles. The number of nitrogens with one attached hydrogen (secondary N) is 2. The predicted octanol–water partition coefficient (Wildman–Crippen LogP) is 2.52. The number of guanidine groups is 1. The Morgan fingerprint density at radius 2 is 2.00 bits per heavy atom. The van der Waals surface area contributed by atoms with Crippen LogP contribution in [0.25, 0.3) is 0 Å². The third-order valence-corrected chi connectivity index (χ3v) is 4.27. The van der Waals surface area contributed by atoms with Crippen LogP contribution >= 0.6 is 24.0 Å². The minimum atomic E-state index is 0. The Bertz CT molecular complexity index is 548. The Kier molecular flexibility index (Phi) is 9.85. The Labute approximate surface area is 168 Å². The predicted molar refractivity (Wildman–Crippen MR) is 114 cm³/mol. The van der Waals surface area contributed by atoms with E-state index < -0.39 is 0 Å². The van der Waals surface area contributed by atoms with E-state index in [9.17, 15) is 4.79 Å². The van der Waals surface area contributed by atoms with E-state index in [0.29, 0.717) is 18.3 Å². The maximum absolute atomic E-state index is 12.2. The van der Waals surface area contributed by atoms with Crippen molar-refractivity contribution in [3.05, 3.63) is 35.9 Å². The zero-order valence-corrected chi connectivity index (χ0v) is 17.8. The van der Waals surface area contributed by atoms with Crippen molar-refractivity contribution in [3.8, 4) is 0 Å². The second kappa shape index (κ2) is 11.3. The van der Waals surface area contributed by atoms with Gasteiger partial charge in [-0.2, -0.15) is 0 Å². The van der Waals surface area contributed by atoms with Crippen LogP contribution in [0, 0.1) is 11.8 Å². The van der Waals surface area contributed by atoms with Crippen LogP contribution in [0.15, 0.2) is 35.3 Å². The molecule has 1 unspecified atom stereocenters. The molecule has 1 aliphatic heterocycles. The lowest BCUT2D eigenvalue weighted by atomic mass is 10.1. The van der Waals surface area contributed by atoms with Crippen LogP contribution in [0.3, 0.4) is 0 Å². The van der Waals surface area contributed by atoms with Gasteiger partial charge in [-0.05, 0) is 17.9 Å². The van der Waals surface area contributed by atoms with Crippen LogP contribution in [0.1, 0.15) is 25.8 Å². The first-order valence-corrected chi connectivity index (χ1v) is 8.84. The number of aliphatic imine (C=N–C) groups is 1. The minimum Gasteiger partial charge on any atom is -0.356 e. The summed E-state index contributed by atoms with van der Waals surface area (Å²) in [5, 5.41) is 6.64. The highest BCUT2D eigenvalue weighted by Gasteiger charge is 2.29. The fraction of sp³-hybridized carbons (Fsp3) is 0.579. The lowest BCUT2D eigenvalue weighted by Gasteiger charge is -2.18. The van der Waals surface area contributed by atoms with Gasteiger partial charge in [0.2, 0.25) is 5.91 Å². The minimum absolute atomic E-state index is 0. The third-order valence-electron chi connectivity index (χ3n) is 4.27. The Morgan fingerprint density at radius 3 is 2.64 bits per heavy atom. The first-order chi connectivity index (χ1) is 11.6. The Morgan fingerprint density at radius 1 is 1.28 bits per heavy atom. The molecule has 0 bridgehead atoms. The molecular formula is C19H31IN4O. The van der Waals surface area contributed by atoms with E-state index in [0.717, 1.165) is 38.6 Å². The summed E-state index contributed by atoms with van der Waals surface area (Å²) < 4.78 is 0.